The van der Waals surface area contributed by atoms with E-state index in [1.807, 2.05) is 25.1 Å². The molecule has 0 saturated heterocycles. The van der Waals surface area contributed by atoms with E-state index in [1.165, 1.54) is 0 Å². The van der Waals surface area contributed by atoms with Gasteiger partial charge in [0, 0.05) is 19.0 Å². The Labute approximate surface area is 113 Å². The van der Waals surface area contributed by atoms with Crippen LogP contribution in [-0.2, 0) is 0 Å². The van der Waals surface area contributed by atoms with Crippen molar-refractivity contribution in [2.24, 2.45) is 0 Å². The van der Waals surface area contributed by atoms with Crippen molar-refractivity contribution < 1.29 is 14.6 Å². The zero-order valence-electron chi connectivity index (χ0n) is 11.1. The third-order valence-electron chi connectivity index (χ3n) is 3.03. The number of benzene rings is 1. The van der Waals surface area contributed by atoms with Crippen LogP contribution in [-0.4, -0.2) is 30.9 Å². The highest BCUT2D eigenvalue weighted by Crippen LogP contribution is 2.32. The molecule has 2 rings (SSSR count). The fourth-order valence-electron chi connectivity index (χ4n) is 1.95. The molecule has 1 aromatic rings. The number of ether oxygens (including phenoxy) is 2. The largest absolute Gasteiger partial charge is 0.486 e. The first-order valence-electron chi connectivity index (χ1n) is 6.45. The first-order valence-corrected chi connectivity index (χ1v) is 6.45. The maximum Gasteiger partial charge on any atom is 0.161 e. The van der Waals surface area contributed by atoms with E-state index in [-0.39, 0.29) is 6.04 Å². The smallest absolute Gasteiger partial charge is 0.161 e. The third kappa shape index (κ3) is 3.63. The van der Waals surface area contributed by atoms with Gasteiger partial charge in [0.1, 0.15) is 13.2 Å². The fraction of sp³-hybridized carbons (Fsp3) is 0.467. The second-order valence-corrected chi connectivity index (χ2v) is 4.64. The van der Waals surface area contributed by atoms with Gasteiger partial charge >= 0.3 is 0 Å². The minimum absolute atomic E-state index is 0.192. The summed E-state index contributed by atoms with van der Waals surface area (Å²) in [5, 5.41) is 13.3. The van der Waals surface area contributed by atoms with Crippen LogP contribution >= 0.6 is 0 Å². The van der Waals surface area contributed by atoms with Gasteiger partial charge in [-0.15, -0.1) is 12.3 Å². The quantitative estimate of drug-likeness (QED) is 0.789. The van der Waals surface area contributed by atoms with Crippen LogP contribution in [0.2, 0.25) is 0 Å². The van der Waals surface area contributed by atoms with E-state index in [9.17, 15) is 5.11 Å². The van der Waals surface area contributed by atoms with Gasteiger partial charge < -0.3 is 19.9 Å². The second kappa shape index (κ2) is 6.46. The summed E-state index contributed by atoms with van der Waals surface area (Å²) in [4.78, 5) is 0. The number of rotatable bonds is 5. The maximum absolute atomic E-state index is 10.1. The molecule has 1 aromatic carbocycles. The van der Waals surface area contributed by atoms with E-state index in [0.29, 0.717) is 31.9 Å². The standard InChI is InChI=1S/C15H19NO3/c1-3-4-11(2)16-10-13(17)12-5-6-14-15(9-12)19-8-7-18-14/h1,5-6,9,11,13,16-17H,4,7-8,10H2,2H3. The lowest BCUT2D eigenvalue weighted by atomic mass is 10.1. The molecular weight excluding hydrogens is 242 g/mol. The highest BCUT2D eigenvalue weighted by atomic mass is 16.6. The molecule has 0 spiro atoms. The number of hydrogen-bond donors (Lipinski definition) is 2. The van der Waals surface area contributed by atoms with Crippen molar-refractivity contribution in [1.82, 2.24) is 5.32 Å². The monoisotopic (exact) mass is 261 g/mol. The van der Waals surface area contributed by atoms with Crippen LogP contribution in [0.3, 0.4) is 0 Å². The van der Waals surface area contributed by atoms with Crippen molar-refractivity contribution in [3.63, 3.8) is 0 Å². The molecule has 0 aliphatic carbocycles. The summed E-state index contributed by atoms with van der Waals surface area (Å²) in [7, 11) is 0. The SMILES string of the molecule is C#CCC(C)NCC(O)c1ccc2c(c1)OCCO2. The van der Waals surface area contributed by atoms with Crippen LogP contribution < -0.4 is 14.8 Å². The summed E-state index contributed by atoms with van der Waals surface area (Å²) in [5.74, 6) is 4.02. The summed E-state index contributed by atoms with van der Waals surface area (Å²) in [6, 6.07) is 5.70. The Morgan fingerprint density at radius 3 is 2.84 bits per heavy atom. The van der Waals surface area contributed by atoms with E-state index < -0.39 is 6.10 Å². The summed E-state index contributed by atoms with van der Waals surface area (Å²) in [6.45, 7) is 3.57. The molecule has 19 heavy (non-hydrogen) atoms. The van der Waals surface area contributed by atoms with Gasteiger partial charge in [-0.25, -0.2) is 0 Å². The zero-order chi connectivity index (χ0) is 13.7. The van der Waals surface area contributed by atoms with Crippen LogP contribution in [0, 0.1) is 12.3 Å². The highest BCUT2D eigenvalue weighted by molar-refractivity contribution is 5.44. The zero-order valence-corrected chi connectivity index (χ0v) is 11.1. The van der Waals surface area contributed by atoms with Gasteiger partial charge in [0.25, 0.3) is 0 Å². The number of terminal acetylenes is 1. The Morgan fingerprint density at radius 2 is 2.11 bits per heavy atom. The first kappa shape index (κ1) is 13.7. The van der Waals surface area contributed by atoms with Crippen LogP contribution in [0.4, 0.5) is 0 Å². The lowest BCUT2D eigenvalue weighted by Gasteiger charge is -2.21. The highest BCUT2D eigenvalue weighted by Gasteiger charge is 2.15. The Balaban J connectivity index is 1.95. The van der Waals surface area contributed by atoms with E-state index in [2.05, 4.69) is 11.2 Å². The van der Waals surface area contributed by atoms with Crippen molar-refractivity contribution in [3.8, 4) is 23.8 Å². The van der Waals surface area contributed by atoms with Crippen molar-refractivity contribution >= 4 is 0 Å². The van der Waals surface area contributed by atoms with E-state index in [0.717, 1.165) is 11.3 Å². The molecule has 2 N–H and O–H groups in total. The van der Waals surface area contributed by atoms with Crippen molar-refractivity contribution in [1.29, 1.82) is 0 Å². The van der Waals surface area contributed by atoms with Crippen molar-refractivity contribution in [2.45, 2.75) is 25.5 Å². The number of fused-ring (bicyclic) bond motifs is 1. The van der Waals surface area contributed by atoms with Crippen LogP contribution in [0.1, 0.15) is 25.0 Å². The lowest BCUT2D eigenvalue weighted by Crippen LogP contribution is -2.30. The van der Waals surface area contributed by atoms with Gasteiger partial charge in [-0.2, -0.15) is 0 Å². The molecule has 2 unspecified atom stereocenters. The molecule has 0 saturated carbocycles. The molecule has 1 aliphatic rings. The van der Waals surface area contributed by atoms with Crippen LogP contribution in [0.15, 0.2) is 18.2 Å². The van der Waals surface area contributed by atoms with Crippen LogP contribution in [0.25, 0.3) is 0 Å². The second-order valence-electron chi connectivity index (χ2n) is 4.64. The van der Waals surface area contributed by atoms with Gasteiger partial charge in [-0.3, -0.25) is 0 Å². The average molecular weight is 261 g/mol. The Bertz CT molecular complexity index is 467. The number of nitrogens with one attached hydrogen (secondary N) is 1. The Hall–Kier alpha value is -1.70. The number of aliphatic hydroxyl groups excluding tert-OH is 1. The molecule has 4 heteroatoms. The lowest BCUT2D eigenvalue weighted by molar-refractivity contribution is 0.161. The number of aliphatic hydroxyl groups is 1. The van der Waals surface area contributed by atoms with E-state index in [1.54, 1.807) is 0 Å². The Kier molecular flexibility index (Phi) is 4.67. The van der Waals surface area contributed by atoms with Gasteiger partial charge in [0.15, 0.2) is 11.5 Å². The number of hydrogen-bond acceptors (Lipinski definition) is 4. The molecule has 2 atom stereocenters. The average Bonchev–Trinajstić information content (AvgIpc) is 2.44. The van der Waals surface area contributed by atoms with E-state index >= 15 is 0 Å². The summed E-state index contributed by atoms with van der Waals surface area (Å²) in [5.41, 5.74) is 0.810. The van der Waals surface area contributed by atoms with Gasteiger partial charge in [0.05, 0.1) is 6.10 Å². The molecule has 1 heterocycles. The summed E-state index contributed by atoms with van der Waals surface area (Å²) < 4.78 is 10.9. The summed E-state index contributed by atoms with van der Waals surface area (Å²) >= 11 is 0. The maximum atomic E-state index is 10.1. The van der Waals surface area contributed by atoms with Crippen molar-refractivity contribution in [2.75, 3.05) is 19.8 Å². The molecule has 0 amide bonds. The first-order chi connectivity index (χ1) is 9.20. The van der Waals surface area contributed by atoms with Gasteiger partial charge in [0.2, 0.25) is 0 Å². The predicted octanol–water partition coefficient (Wildman–Crippen LogP) is 1.49. The molecule has 1 aliphatic heterocycles. The summed E-state index contributed by atoms with van der Waals surface area (Å²) in [6.07, 6.45) is 5.30. The third-order valence-corrected chi connectivity index (χ3v) is 3.03. The fourth-order valence-corrected chi connectivity index (χ4v) is 1.95. The molecule has 102 valence electrons. The normalized spacial score (nSPS) is 16.5. The van der Waals surface area contributed by atoms with Crippen molar-refractivity contribution in [3.05, 3.63) is 23.8 Å². The molecular formula is C15H19NO3. The molecule has 0 radical (unpaired) electrons. The van der Waals surface area contributed by atoms with E-state index in [4.69, 9.17) is 15.9 Å². The minimum Gasteiger partial charge on any atom is -0.486 e. The minimum atomic E-state index is -0.587. The van der Waals surface area contributed by atoms with Crippen LogP contribution in [0.5, 0.6) is 11.5 Å². The molecule has 0 bridgehead atoms. The molecule has 0 fully saturated rings. The molecule has 4 nitrogen and oxygen atoms in total. The molecule has 0 aromatic heterocycles. The van der Waals surface area contributed by atoms with Gasteiger partial charge in [-0.05, 0) is 24.6 Å². The Morgan fingerprint density at radius 1 is 1.37 bits per heavy atom. The van der Waals surface area contributed by atoms with Gasteiger partial charge in [-0.1, -0.05) is 6.07 Å². The predicted molar refractivity (Wildman–Crippen MR) is 73.3 cm³/mol. The topological polar surface area (TPSA) is 50.7 Å².